The molecule has 4 aromatic heterocycles. The first-order valence-electron chi connectivity index (χ1n) is 11.8. The number of aryl methyl sites for hydroxylation is 1. The van der Waals surface area contributed by atoms with Crippen molar-refractivity contribution in [2.24, 2.45) is 18.9 Å². The van der Waals surface area contributed by atoms with Crippen LogP contribution in [0.25, 0.3) is 21.9 Å². The Labute approximate surface area is 213 Å². The number of imidazole rings is 1. The molecule has 5 heterocycles. The van der Waals surface area contributed by atoms with E-state index in [1.54, 1.807) is 24.7 Å². The fourth-order valence-electron chi connectivity index (χ4n) is 4.80. The number of carbonyl (C=O) groups is 2. The normalized spacial score (nSPS) is 19.1. The van der Waals surface area contributed by atoms with Crippen LogP contribution in [-0.4, -0.2) is 58.9 Å². The van der Waals surface area contributed by atoms with Crippen LogP contribution in [0.5, 0.6) is 0 Å². The average Bonchev–Trinajstić information content (AvgIpc) is 3.30. The Morgan fingerprint density at radius 1 is 1.22 bits per heavy atom. The number of fused-ring (bicyclic) bond motifs is 2. The van der Waals surface area contributed by atoms with Gasteiger partial charge in [-0.1, -0.05) is 0 Å². The number of hydrogen-bond donors (Lipinski definition) is 1. The van der Waals surface area contributed by atoms with E-state index in [1.165, 1.54) is 40.3 Å². The molecule has 1 amide bonds. The number of piperidine rings is 1. The Balaban J connectivity index is 1.20. The number of aldehydes is 1. The van der Waals surface area contributed by atoms with Gasteiger partial charge < -0.3 is 19.6 Å². The number of hydrogen-bond acceptors (Lipinski definition) is 10. The zero-order valence-corrected chi connectivity index (χ0v) is 20.9. The molecule has 3 atom stereocenters. The van der Waals surface area contributed by atoms with Crippen molar-refractivity contribution in [3.05, 3.63) is 44.9 Å². The van der Waals surface area contributed by atoms with E-state index in [0.717, 1.165) is 35.3 Å². The van der Waals surface area contributed by atoms with Crippen LogP contribution in [0.2, 0.25) is 0 Å². The van der Waals surface area contributed by atoms with Crippen LogP contribution in [0.15, 0.2) is 33.7 Å². The van der Waals surface area contributed by atoms with E-state index in [0.29, 0.717) is 22.8 Å². The summed E-state index contributed by atoms with van der Waals surface area (Å²) in [4.78, 5) is 69.3. The molecule has 2 aliphatic rings. The van der Waals surface area contributed by atoms with Gasteiger partial charge in [0.2, 0.25) is 5.91 Å². The predicted octanol–water partition coefficient (Wildman–Crippen LogP) is 0.665. The van der Waals surface area contributed by atoms with Crippen molar-refractivity contribution in [3.8, 4) is 10.7 Å². The third-order valence-electron chi connectivity index (χ3n) is 7.03. The minimum atomic E-state index is -0.851. The van der Waals surface area contributed by atoms with E-state index in [1.807, 2.05) is 0 Å². The van der Waals surface area contributed by atoms with Crippen LogP contribution in [0.3, 0.4) is 0 Å². The molecule has 1 aliphatic carbocycles. The van der Waals surface area contributed by atoms with Crippen molar-refractivity contribution in [3.63, 3.8) is 0 Å². The highest BCUT2D eigenvalue weighted by molar-refractivity contribution is 7.13. The second-order valence-corrected chi connectivity index (χ2v) is 10.2. The zero-order chi connectivity index (χ0) is 25.8. The van der Waals surface area contributed by atoms with E-state index < -0.39 is 29.7 Å². The maximum absolute atomic E-state index is 13.0. The lowest BCUT2D eigenvalue weighted by Crippen LogP contribution is -2.40. The largest absolute Gasteiger partial charge is 0.355 e. The number of rotatable bonds is 7. The molecule has 2 unspecified atom stereocenters. The molecule has 37 heavy (non-hydrogen) atoms. The lowest BCUT2D eigenvalue weighted by atomic mass is 10.3. The van der Waals surface area contributed by atoms with Crippen molar-refractivity contribution >= 4 is 46.3 Å². The summed E-state index contributed by atoms with van der Waals surface area (Å²) in [6.45, 7) is 3.29. The van der Waals surface area contributed by atoms with Gasteiger partial charge in [0.15, 0.2) is 11.2 Å². The lowest BCUT2D eigenvalue weighted by molar-refractivity contribution is -0.118. The summed E-state index contributed by atoms with van der Waals surface area (Å²) in [5.41, 5.74) is -0.553. The van der Waals surface area contributed by atoms with Crippen molar-refractivity contribution < 1.29 is 9.59 Å². The summed E-state index contributed by atoms with van der Waals surface area (Å²) in [5.74, 6) is 2.39. The van der Waals surface area contributed by atoms with Crippen LogP contribution < -0.4 is 21.5 Å². The standard InChI is InChI=1S/C23H23N9O4S/c1-12(32-11-26-19-18(32)22(35)31(3-4-33)23(36)29(19)2)20(34)27-16-10-37-21(28-16)15-6-25-17(7-24-15)30-8-13-5-14(13)9-30/h4,6-7,10-14H,3,5,8-9H2,1-2H3,(H,27,34)/t12-,13?,14?/m0/s1. The smallest absolute Gasteiger partial charge is 0.332 e. The molecule has 6 rings (SSSR count). The van der Waals surface area contributed by atoms with Gasteiger partial charge in [-0.15, -0.1) is 11.3 Å². The van der Waals surface area contributed by atoms with Gasteiger partial charge in [-0.25, -0.2) is 24.7 Å². The molecule has 0 aromatic carbocycles. The van der Waals surface area contributed by atoms with Crippen LogP contribution in [-0.2, 0) is 23.2 Å². The summed E-state index contributed by atoms with van der Waals surface area (Å²) in [6, 6.07) is -0.851. The van der Waals surface area contributed by atoms with Gasteiger partial charge in [-0.3, -0.25) is 18.7 Å². The second-order valence-electron chi connectivity index (χ2n) is 9.37. The molecule has 13 nitrogen and oxygen atoms in total. The quantitative estimate of drug-likeness (QED) is 0.346. The van der Waals surface area contributed by atoms with Crippen molar-refractivity contribution in [1.29, 1.82) is 0 Å². The van der Waals surface area contributed by atoms with Gasteiger partial charge in [0.1, 0.15) is 34.7 Å². The molecule has 190 valence electrons. The van der Waals surface area contributed by atoms with E-state index in [-0.39, 0.29) is 11.2 Å². The van der Waals surface area contributed by atoms with E-state index in [2.05, 4.69) is 30.2 Å². The Kier molecular flexibility index (Phi) is 5.47. The highest BCUT2D eigenvalue weighted by Crippen LogP contribution is 2.45. The average molecular weight is 522 g/mol. The topological polar surface area (TPSA) is 150 Å². The fourth-order valence-corrected chi connectivity index (χ4v) is 5.52. The van der Waals surface area contributed by atoms with Gasteiger partial charge in [0.25, 0.3) is 5.56 Å². The van der Waals surface area contributed by atoms with Crippen LogP contribution >= 0.6 is 11.3 Å². The second kappa shape index (κ2) is 8.73. The highest BCUT2D eigenvalue weighted by atomic mass is 32.1. The first-order chi connectivity index (χ1) is 17.9. The molecule has 0 radical (unpaired) electrons. The maximum atomic E-state index is 13.0. The van der Waals surface area contributed by atoms with Crippen molar-refractivity contribution in [2.75, 3.05) is 23.3 Å². The fraction of sp³-hybridized carbons (Fsp3) is 0.391. The third-order valence-corrected chi connectivity index (χ3v) is 7.89. The number of nitrogens with zero attached hydrogens (tertiary/aromatic N) is 8. The highest BCUT2D eigenvalue weighted by Gasteiger charge is 2.45. The molecule has 1 saturated heterocycles. The van der Waals surface area contributed by atoms with Crippen molar-refractivity contribution in [1.82, 2.24) is 33.6 Å². The summed E-state index contributed by atoms with van der Waals surface area (Å²) >= 11 is 1.33. The SMILES string of the molecule is C[C@@H](C(=O)Nc1csc(-c2cnc(N3CC4CC4C3)cn2)n1)n1cnc2c1c(=O)n(CC=O)c(=O)n2C. The number of nitrogens with one attached hydrogen (secondary N) is 1. The Bertz CT molecular complexity index is 1640. The van der Waals surface area contributed by atoms with Crippen LogP contribution in [0, 0.1) is 11.8 Å². The first kappa shape index (κ1) is 23.2. The molecule has 0 bridgehead atoms. The summed E-state index contributed by atoms with van der Waals surface area (Å²) in [7, 11) is 1.45. The summed E-state index contributed by atoms with van der Waals surface area (Å²) in [6.07, 6.45) is 6.57. The Morgan fingerprint density at radius 3 is 2.70 bits per heavy atom. The number of thiazole rings is 1. The molecular weight excluding hydrogens is 498 g/mol. The molecular formula is C23H23N9O4S. The number of amides is 1. The summed E-state index contributed by atoms with van der Waals surface area (Å²) < 4.78 is 3.37. The number of anilines is 2. The van der Waals surface area contributed by atoms with Gasteiger partial charge in [-0.2, -0.15) is 0 Å². The molecule has 1 aliphatic heterocycles. The molecule has 1 saturated carbocycles. The Morgan fingerprint density at radius 2 is 2.00 bits per heavy atom. The van der Waals surface area contributed by atoms with Crippen molar-refractivity contribution in [2.45, 2.75) is 25.9 Å². The van der Waals surface area contributed by atoms with Gasteiger partial charge >= 0.3 is 5.69 Å². The zero-order valence-electron chi connectivity index (χ0n) is 20.1. The minimum Gasteiger partial charge on any atom is -0.355 e. The molecule has 4 aromatic rings. The van der Waals surface area contributed by atoms with E-state index in [4.69, 9.17) is 0 Å². The molecule has 1 N–H and O–H groups in total. The first-order valence-corrected chi connectivity index (χ1v) is 12.7. The Hall–Kier alpha value is -4.20. The maximum Gasteiger partial charge on any atom is 0.332 e. The minimum absolute atomic E-state index is 0.0521. The van der Waals surface area contributed by atoms with Gasteiger partial charge in [-0.05, 0) is 25.2 Å². The lowest BCUT2D eigenvalue weighted by Gasteiger charge is -2.18. The monoisotopic (exact) mass is 521 g/mol. The van der Waals surface area contributed by atoms with Gasteiger partial charge in [0.05, 0.1) is 25.3 Å². The third kappa shape index (κ3) is 3.93. The van der Waals surface area contributed by atoms with Crippen LogP contribution in [0.1, 0.15) is 19.4 Å². The van der Waals surface area contributed by atoms with E-state index in [9.17, 15) is 19.2 Å². The molecule has 2 fully saturated rings. The summed E-state index contributed by atoms with van der Waals surface area (Å²) in [5, 5.41) is 5.08. The van der Waals surface area contributed by atoms with E-state index >= 15 is 0 Å². The molecule has 14 heteroatoms. The number of carbonyl (C=O) groups excluding carboxylic acids is 2. The van der Waals surface area contributed by atoms with Gasteiger partial charge in [0, 0.05) is 25.5 Å². The van der Waals surface area contributed by atoms with Crippen LogP contribution in [0.4, 0.5) is 11.6 Å². The number of aromatic nitrogens is 7. The predicted molar refractivity (Wildman–Crippen MR) is 136 cm³/mol. The molecule has 0 spiro atoms.